The Morgan fingerprint density at radius 2 is 2.14 bits per heavy atom. The number of nitrogens with zero attached hydrogens (tertiary/aromatic N) is 1. The summed E-state index contributed by atoms with van der Waals surface area (Å²) in [6.45, 7) is 0.381. The molecule has 1 aromatic heterocycles. The van der Waals surface area contributed by atoms with Crippen LogP contribution in [-0.2, 0) is 0 Å². The van der Waals surface area contributed by atoms with Gasteiger partial charge in [-0.25, -0.2) is 0 Å². The molecule has 1 atom stereocenters. The molecule has 1 N–H and O–H groups in total. The minimum Gasteiger partial charge on any atom is -0.451 e. The first-order valence-corrected chi connectivity index (χ1v) is 7.01. The second kappa shape index (κ2) is 5.76. The third-order valence-corrected chi connectivity index (χ3v) is 3.79. The summed E-state index contributed by atoms with van der Waals surface area (Å²) in [5.41, 5.74) is 0.747. The molecule has 3 rings (SSSR count). The summed E-state index contributed by atoms with van der Waals surface area (Å²) in [4.78, 5) is 14.0. The second-order valence-corrected chi connectivity index (χ2v) is 5.19. The van der Waals surface area contributed by atoms with E-state index in [-0.39, 0.29) is 24.3 Å². The van der Waals surface area contributed by atoms with Crippen molar-refractivity contribution in [3.8, 4) is 11.3 Å². The van der Waals surface area contributed by atoms with Crippen LogP contribution < -0.4 is 0 Å². The lowest BCUT2D eigenvalue weighted by Crippen LogP contribution is -2.37. The number of hydrogen-bond donors (Lipinski definition) is 1. The number of aliphatic hydroxyl groups is 1. The number of amides is 1. The van der Waals surface area contributed by atoms with Crippen molar-refractivity contribution in [3.63, 3.8) is 0 Å². The molecule has 108 valence electrons. The fourth-order valence-corrected chi connectivity index (χ4v) is 2.59. The SMILES string of the molecule is O=C(c1ccc(-c2ccccc2Cl)o1)N1CC=C[C@@H]1CO. The van der Waals surface area contributed by atoms with Gasteiger partial charge in [-0.3, -0.25) is 4.79 Å². The van der Waals surface area contributed by atoms with Crippen molar-refractivity contribution in [1.82, 2.24) is 4.90 Å². The summed E-state index contributed by atoms with van der Waals surface area (Å²) in [5.74, 6) is 0.557. The molecule has 0 saturated carbocycles. The van der Waals surface area contributed by atoms with Gasteiger partial charge in [0.25, 0.3) is 5.91 Å². The van der Waals surface area contributed by atoms with Crippen LogP contribution in [0.4, 0.5) is 0 Å². The maximum absolute atomic E-state index is 12.4. The summed E-state index contributed by atoms with van der Waals surface area (Å²) in [7, 11) is 0. The fraction of sp³-hybridized carbons (Fsp3) is 0.188. The number of carbonyl (C=O) groups excluding carboxylic acids is 1. The van der Waals surface area contributed by atoms with Crippen molar-refractivity contribution in [2.45, 2.75) is 6.04 Å². The van der Waals surface area contributed by atoms with Gasteiger partial charge in [-0.05, 0) is 24.3 Å². The molecular formula is C16H14ClNO3. The van der Waals surface area contributed by atoms with Crippen molar-refractivity contribution < 1.29 is 14.3 Å². The second-order valence-electron chi connectivity index (χ2n) is 4.78. The van der Waals surface area contributed by atoms with Crippen LogP contribution in [0.15, 0.2) is 53.0 Å². The van der Waals surface area contributed by atoms with Gasteiger partial charge in [0.2, 0.25) is 0 Å². The summed E-state index contributed by atoms with van der Waals surface area (Å²) < 4.78 is 5.63. The quantitative estimate of drug-likeness (QED) is 0.887. The van der Waals surface area contributed by atoms with Crippen molar-refractivity contribution in [2.75, 3.05) is 13.2 Å². The molecule has 1 amide bonds. The summed E-state index contributed by atoms with van der Waals surface area (Å²) in [6.07, 6.45) is 3.67. The average molecular weight is 304 g/mol. The zero-order chi connectivity index (χ0) is 14.8. The third kappa shape index (κ3) is 2.60. The number of halogens is 1. The minimum absolute atomic E-state index is 0.0969. The van der Waals surface area contributed by atoms with Crippen molar-refractivity contribution in [2.24, 2.45) is 0 Å². The van der Waals surface area contributed by atoms with Crippen LogP contribution in [0.3, 0.4) is 0 Å². The lowest BCUT2D eigenvalue weighted by Gasteiger charge is -2.21. The van der Waals surface area contributed by atoms with Crippen molar-refractivity contribution in [1.29, 1.82) is 0 Å². The smallest absolute Gasteiger partial charge is 0.290 e. The number of hydrogen-bond acceptors (Lipinski definition) is 3. The molecule has 1 aromatic carbocycles. The molecule has 0 radical (unpaired) electrons. The van der Waals surface area contributed by atoms with Gasteiger partial charge in [0.1, 0.15) is 5.76 Å². The van der Waals surface area contributed by atoms with Crippen LogP contribution in [0.5, 0.6) is 0 Å². The topological polar surface area (TPSA) is 53.7 Å². The zero-order valence-electron chi connectivity index (χ0n) is 11.2. The van der Waals surface area contributed by atoms with Gasteiger partial charge >= 0.3 is 0 Å². The van der Waals surface area contributed by atoms with E-state index in [2.05, 4.69) is 0 Å². The monoisotopic (exact) mass is 303 g/mol. The average Bonchev–Trinajstić information content (AvgIpc) is 3.16. The Morgan fingerprint density at radius 1 is 1.33 bits per heavy atom. The van der Waals surface area contributed by atoms with Gasteiger partial charge in [0.15, 0.2) is 5.76 Å². The Balaban J connectivity index is 1.85. The van der Waals surface area contributed by atoms with E-state index in [1.807, 2.05) is 30.4 Å². The van der Waals surface area contributed by atoms with Crippen LogP contribution in [0.1, 0.15) is 10.6 Å². The highest BCUT2D eigenvalue weighted by Gasteiger charge is 2.27. The van der Waals surface area contributed by atoms with E-state index in [0.29, 0.717) is 17.3 Å². The minimum atomic E-state index is -0.286. The van der Waals surface area contributed by atoms with E-state index in [1.165, 1.54) is 0 Å². The van der Waals surface area contributed by atoms with Crippen LogP contribution in [0.2, 0.25) is 5.02 Å². The lowest BCUT2D eigenvalue weighted by molar-refractivity contribution is 0.0669. The highest BCUT2D eigenvalue weighted by Crippen LogP contribution is 2.29. The summed E-state index contributed by atoms with van der Waals surface area (Å²) in [6, 6.07) is 10.4. The largest absolute Gasteiger partial charge is 0.451 e. The van der Waals surface area contributed by atoms with Crippen LogP contribution in [0.25, 0.3) is 11.3 Å². The van der Waals surface area contributed by atoms with Crippen molar-refractivity contribution >= 4 is 17.5 Å². The Labute approximate surface area is 127 Å². The first kappa shape index (κ1) is 13.9. The molecule has 5 heteroatoms. The number of rotatable bonds is 3. The predicted octanol–water partition coefficient (Wildman–Crippen LogP) is 2.97. The summed E-state index contributed by atoms with van der Waals surface area (Å²) >= 11 is 6.12. The van der Waals surface area contributed by atoms with Gasteiger partial charge in [0.05, 0.1) is 17.7 Å². The Bertz CT molecular complexity index is 692. The van der Waals surface area contributed by atoms with Crippen molar-refractivity contribution in [3.05, 3.63) is 59.3 Å². The first-order chi connectivity index (χ1) is 10.2. The lowest BCUT2D eigenvalue weighted by atomic mass is 10.2. The third-order valence-electron chi connectivity index (χ3n) is 3.46. The highest BCUT2D eigenvalue weighted by molar-refractivity contribution is 6.33. The van der Waals surface area contributed by atoms with E-state index < -0.39 is 0 Å². The molecule has 4 nitrogen and oxygen atoms in total. The van der Waals surface area contributed by atoms with Gasteiger partial charge in [-0.15, -0.1) is 0 Å². The van der Waals surface area contributed by atoms with E-state index in [0.717, 1.165) is 5.56 Å². The van der Waals surface area contributed by atoms with Gasteiger partial charge in [-0.1, -0.05) is 35.9 Å². The molecule has 2 heterocycles. The van der Waals surface area contributed by atoms with E-state index in [1.54, 1.807) is 23.1 Å². The molecule has 0 unspecified atom stereocenters. The molecule has 0 saturated heterocycles. The molecule has 0 aliphatic carbocycles. The Morgan fingerprint density at radius 3 is 2.90 bits per heavy atom. The molecular weight excluding hydrogens is 290 g/mol. The maximum Gasteiger partial charge on any atom is 0.290 e. The highest BCUT2D eigenvalue weighted by atomic mass is 35.5. The number of carbonyl (C=O) groups is 1. The predicted molar refractivity (Wildman–Crippen MR) is 80.2 cm³/mol. The van der Waals surface area contributed by atoms with Crippen LogP contribution in [-0.4, -0.2) is 35.1 Å². The number of furan rings is 1. The molecule has 0 spiro atoms. The molecule has 2 aromatic rings. The molecule has 1 aliphatic heterocycles. The fourth-order valence-electron chi connectivity index (χ4n) is 2.36. The first-order valence-electron chi connectivity index (χ1n) is 6.64. The number of aliphatic hydroxyl groups excluding tert-OH is 1. The number of benzene rings is 1. The van der Waals surface area contributed by atoms with Crippen LogP contribution in [0, 0.1) is 0 Å². The summed E-state index contributed by atoms with van der Waals surface area (Å²) in [5, 5.41) is 9.83. The van der Waals surface area contributed by atoms with E-state index in [9.17, 15) is 9.90 Å². The Hall–Kier alpha value is -2.04. The van der Waals surface area contributed by atoms with Gasteiger partial charge in [-0.2, -0.15) is 0 Å². The molecule has 1 aliphatic rings. The van der Waals surface area contributed by atoms with E-state index in [4.69, 9.17) is 16.0 Å². The van der Waals surface area contributed by atoms with Gasteiger partial charge in [0, 0.05) is 12.1 Å². The standard InChI is InChI=1S/C16H14ClNO3/c17-13-6-2-1-5-12(13)14-7-8-15(21-14)16(20)18-9-3-4-11(18)10-19/h1-8,11,19H,9-10H2/t11-/m1/s1. The molecule has 21 heavy (non-hydrogen) atoms. The van der Waals surface area contributed by atoms with E-state index >= 15 is 0 Å². The van der Waals surface area contributed by atoms with Gasteiger partial charge < -0.3 is 14.4 Å². The molecule has 0 bridgehead atoms. The zero-order valence-corrected chi connectivity index (χ0v) is 12.0. The van der Waals surface area contributed by atoms with Crippen LogP contribution >= 0.6 is 11.6 Å². The maximum atomic E-state index is 12.4. The molecule has 0 fully saturated rings. The normalized spacial score (nSPS) is 17.4. The Kier molecular flexibility index (Phi) is 3.82.